The van der Waals surface area contributed by atoms with Crippen LogP contribution in [0.25, 0.3) is 0 Å². The smallest absolute Gasteiger partial charge is 0.0624 e. The lowest BCUT2D eigenvalue weighted by molar-refractivity contribution is 0.116. The molecule has 0 aliphatic heterocycles. The Bertz CT molecular complexity index is 355. The molecule has 2 rings (SSSR count). The fraction of sp³-hybridized carbons (Fsp3) is 0.786. The molecule has 1 fully saturated rings. The van der Waals surface area contributed by atoms with Crippen LogP contribution in [0.4, 0.5) is 0 Å². The zero-order valence-corrected chi connectivity index (χ0v) is 11.0. The van der Waals surface area contributed by atoms with Crippen molar-refractivity contribution in [3.63, 3.8) is 0 Å². The van der Waals surface area contributed by atoms with Crippen LogP contribution < -0.4 is 0 Å². The molecule has 1 aliphatic rings. The fourth-order valence-electron chi connectivity index (χ4n) is 2.56. The van der Waals surface area contributed by atoms with Gasteiger partial charge in [-0.3, -0.25) is 4.68 Å². The minimum absolute atomic E-state index is 0.188. The number of aliphatic hydroxyl groups is 1. The van der Waals surface area contributed by atoms with Gasteiger partial charge >= 0.3 is 0 Å². The maximum absolute atomic E-state index is 10.1. The van der Waals surface area contributed by atoms with Crippen molar-refractivity contribution in [2.75, 3.05) is 0 Å². The molecule has 0 saturated heterocycles. The number of aromatic nitrogens is 2. The van der Waals surface area contributed by atoms with Gasteiger partial charge in [-0.15, -0.1) is 0 Å². The predicted molar refractivity (Wildman–Crippen MR) is 68.9 cm³/mol. The summed E-state index contributed by atoms with van der Waals surface area (Å²) < 4.78 is 2.03. The summed E-state index contributed by atoms with van der Waals surface area (Å²) in [7, 11) is 0. The lowest BCUT2D eigenvalue weighted by Gasteiger charge is -2.27. The lowest BCUT2D eigenvalue weighted by atomic mass is 9.81. The molecule has 96 valence electrons. The summed E-state index contributed by atoms with van der Waals surface area (Å²) in [6.07, 6.45) is 6.48. The third-order valence-electron chi connectivity index (χ3n) is 3.85. The summed E-state index contributed by atoms with van der Waals surface area (Å²) in [5.74, 6) is 0.772. The van der Waals surface area contributed by atoms with E-state index in [0.717, 1.165) is 37.4 Å². The summed E-state index contributed by atoms with van der Waals surface area (Å²) in [6, 6.07) is 2.15. The number of aryl methyl sites for hydroxylation is 2. The van der Waals surface area contributed by atoms with E-state index < -0.39 is 0 Å². The lowest BCUT2D eigenvalue weighted by Crippen LogP contribution is -2.22. The maximum atomic E-state index is 10.1. The van der Waals surface area contributed by atoms with E-state index in [9.17, 15) is 5.11 Å². The Morgan fingerprint density at radius 2 is 2.24 bits per heavy atom. The standard InChI is InChI=1S/C14H24N2O/c1-3-12-9-13(16(4-2)15-12)10-14(17)8-11-6-5-7-11/h9,11,14,17H,3-8,10H2,1-2H3. The molecule has 0 radical (unpaired) electrons. The van der Waals surface area contributed by atoms with Gasteiger partial charge in [-0.1, -0.05) is 26.2 Å². The van der Waals surface area contributed by atoms with E-state index in [0.29, 0.717) is 0 Å². The Morgan fingerprint density at radius 1 is 1.47 bits per heavy atom. The van der Waals surface area contributed by atoms with E-state index in [1.54, 1.807) is 0 Å². The normalized spacial score (nSPS) is 18.1. The van der Waals surface area contributed by atoms with Crippen LogP contribution in [0.3, 0.4) is 0 Å². The summed E-state index contributed by atoms with van der Waals surface area (Å²) in [5.41, 5.74) is 2.33. The van der Waals surface area contributed by atoms with E-state index in [2.05, 4.69) is 25.0 Å². The zero-order valence-electron chi connectivity index (χ0n) is 11.0. The van der Waals surface area contributed by atoms with Gasteiger partial charge in [-0.2, -0.15) is 5.10 Å². The summed E-state index contributed by atoms with van der Waals surface area (Å²) in [4.78, 5) is 0. The fourth-order valence-corrected chi connectivity index (χ4v) is 2.56. The van der Waals surface area contributed by atoms with E-state index in [-0.39, 0.29) is 6.10 Å². The molecule has 1 aromatic heterocycles. The van der Waals surface area contributed by atoms with Gasteiger partial charge in [-0.05, 0) is 31.7 Å². The molecule has 17 heavy (non-hydrogen) atoms. The maximum Gasteiger partial charge on any atom is 0.0624 e. The van der Waals surface area contributed by atoms with Crippen molar-refractivity contribution in [2.45, 2.75) is 65.0 Å². The third-order valence-corrected chi connectivity index (χ3v) is 3.85. The van der Waals surface area contributed by atoms with Crippen LogP contribution in [0.1, 0.15) is 50.9 Å². The van der Waals surface area contributed by atoms with Crippen LogP contribution in [0, 0.1) is 5.92 Å². The molecule has 1 atom stereocenters. The molecule has 3 nitrogen and oxygen atoms in total. The van der Waals surface area contributed by atoms with Gasteiger partial charge in [-0.25, -0.2) is 0 Å². The van der Waals surface area contributed by atoms with E-state index in [4.69, 9.17) is 0 Å². The molecule has 1 aromatic rings. The van der Waals surface area contributed by atoms with Gasteiger partial charge in [0.2, 0.25) is 0 Å². The molecule has 0 amide bonds. The third kappa shape index (κ3) is 3.09. The van der Waals surface area contributed by atoms with Crippen molar-refractivity contribution < 1.29 is 5.11 Å². The van der Waals surface area contributed by atoms with Crippen LogP contribution in [0.2, 0.25) is 0 Å². The van der Waals surface area contributed by atoms with Gasteiger partial charge in [0.1, 0.15) is 0 Å². The Kier molecular flexibility index (Phi) is 4.21. The van der Waals surface area contributed by atoms with Gasteiger partial charge in [0, 0.05) is 18.7 Å². The molecule has 0 aromatic carbocycles. The molecule has 0 bridgehead atoms. The molecule has 1 heterocycles. The Labute approximate surface area is 104 Å². The second-order valence-electron chi connectivity index (χ2n) is 5.19. The molecular weight excluding hydrogens is 212 g/mol. The van der Waals surface area contributed by atoms with Crippen LogP contribution >= 0.6 is 0 Å². The Hall–Kier alpha value is -0.830. The summed E-state index contributed by atoms with van der Waals surface area (Å²) in [6.45, 7) is 5.12. The molecule has 1 unspecified atom stereocenters. The first-order chi connectivity index (χ1) is 8.22. The molecule has 0 spiro atoms. The highest BCUT2D eigenvalue weighted by Crippen LogP contribution is 2.31. The number of rotatable bonds is 6. The van der Waals surface area contributed by atoms with Crippen molar-refractivity contribution in [2.24, 2.45) is 5.92 Å². The SMILES string of the molecule is CCc1cc(CC(O)CC2CCC2)n(CC)n1. The van der Waals surface area contributed by atoms with Crippen LogP contribution in [0.15, 0.2) is 6.07 Å². The van der Waals surface area contributed by atoms with Gasteiger partial charge in [0.15, 0.2) is 0 Å². The van der Waals surface area contributed by atoms with Crippen molar-refractivity contribution in [1.29, 1.82) is 0 Å². The molecule has 1 saturated carbocycles. The average Bonchev–Trinajstić information content (AvgIpc) is 2.66. The number of hydrogen-bond acceptors (Lipinski definition) is 2. The van der Waals surface area contributed by atoms with Crippen molar-refractivity contribution in [1.82, 2.24) is 9.78 Å². The summed E-state index contributed by atoms with van der Waals surface area (Å²) in [5, 5.41) is 14.6. The largest absolute Gasteiger partial charge is 0.393 e. The van der Waals surface area contributed by atoms with Crippen molar-refractivity contribution >= 4 is 0 Å². The zero-order chi connectivity index (χ0) is 12.3. The summed E-state index contributed by atoms with van der Waals surface area (Å²) >= 11 is 0. The number of nitrogens with zero attached hydrogens (tertiary/aromatic N) is 2. The average molecular weight is 236 g/mol. The molecule has 3 heteroatoms. The second-order valence-corrected chi connectivity index (χ2v) is 5.19. The van der Waals surface area contributed by atoms with Gasteiger partial charge < -0.3 is 5.11 Å². The molecule has 1 aliphatic carbocycles. The number of hydrogen-bond donors (Lipinski definition) is 1. The van der Waals surface area contributed by atoms with E-state index >= 15 is 0 Å². The minimum Gasteiger partial charge on any atom is -0.393 e. The first-order valence-electron chi connectivity index (χ1n) is 6.96. The molecular formula is C14H24N2O. The highest BCUT2D eigenvalue weighted by Gasteiger charge is 2.21. The van der Waals surface area contributed by atoms with E-state index in [1.807, 2.05) is 4.68 Å². The first kappa shape index (κ1) is 12.6. The Morgan fingerprint density at radius 3 is 2.76 bits per heavy atom. The highest BCUT2D eigenvalue weighted by atomic mass is 16.3. The van der Waals surface area contributed by atoms with Crippen LogP contribution in [-0.4, -0.2) is 21.0 Å². The molecule has 1 N–H and O–H groups in total. The first-order valence-corrected chi connectivity index (χ1v) is 6.96. The van der Waals surface area contributed by atoms with Crippen molar-refractivity contribution in [3.8, 4) is 0 Å². The predicted octanol–water partition coefficient (Wildman–Crippen LogP) is 2.56. The minimum atomic E-state index is -0.188. The quantitative estimate of drug-likeness (QED) is 0.824. The monoisotopic (exact) mass is 236 g/mol. The Balaban J connectivity index is 1.93. The second kappa shape index (κ2) is 5.67. The highest BCUT2D eigenvalue weighted by molar-refractivity contribution is 5.11. The van der Waals surface area contributed by atoms with E-state index in [1.165, 1.54) is 25.0 Å². The van der Waals surface area contributed by atoms with Crippen LogP contribution in [0.5, 0.6) is 0 Å². The van der Waals surface area contributed by atoms with Crippen molar-refractivity contribution in [3.05, 3.63) is 17.5 Å². The van der Waals surface area contributed by atoms with Crippen LogP contribution in [-0.2, 0) is 19.4 Å². The topological polar surface area (TPSA) is 38.0 Å². The number of aliphatic hydroxyl groups excluding tert-OH is 1. The van der Waals surface area contributed by atoms with Gasteiger partial charge in [0.25, 0.3) is 0 Å². The van der Waals surface area contributed by atoms with Gasteiger partial charge in [0.05, 0.1) is 11.8 Å².